The summed E-state index contributed by atoms with van der Waals surface area (Å²) in [7, 11) is 1.77. The number of aliphatic hydroxyl groups is 1. The molecule has 4 atom stereocenters. The molecule has 2 aliphatic carbocycles. The summed E-state index contributed by atoms with van der Waals surface area (Å²) in [5.74, 6) is 0.384. The first-order valence-electron chi connectivity index (χ1n) is 12.5. The smallest absolute Gasteiger partial charge is 0.317 e. The Morgan fingerprint density at radius 1 is 1.19 bits per heavy atom. The van der Waals surface area contributed by atoms with E-state index in [2.05, 4.69) is 20.3 Å². The molecule has 3 aromatic rings. The molecule has 0 bridgehead atoms. The zero-order valence-corrected chi connectivity index (χ0v) is 21.5. The number of ether oxygens (including phenoxy) is 2. The van der Waals surface area contributed by atoms with Gasteiger partial charge in [0.15, 0.2) is 0 Å². The van der Waals surface area contributed by atoms with E-state index in [1.54, 1.807) is 37.8 Å². The van der Waals surface area contributed by atoms with Gasteiger partial charge in [-0.25, -0.2) is 14.6 Å². The van der Waals surface area contributed by atoms with Crippen molar-refractivity contribution in [3.63, 3.8) is 0 Å². The number of fused-ring (bicyclic) bond motifs is 1. The van der Waals surface area contributed by atoms with Crippen LogP contribution in [-0.2, 0) is 24.1 Å². The van der Waals surface area contributed by atoms with Crippen LogP contribution in [0.2, 0.25) is 0 Å². The number of pyridine rings is 1. The average molecular weight is 509 g/mol. The fourth-order valence-electron chi connectivity index (χ4n) is 5.55. The molecule has 2 N–H and O–H groups in total. The van der Waals surface area contributed by atoms with E-state index < -0.39 is 11.6 Å². The molecule has 0 aliphatic heterocycles. The molecule has 0 radical (unpaired) electrons. The van der Waals surface area contributed by atoms with Crippen molar-refractivity contribution in [1.29, 1.82) is 0 Å². The predicted molar refractivity (Wildman–Crippen MR) is 132 cm³/mol. The normalized spacial score (nSPS) is 23.2. The number of carboxylic acids is 1. The van der Waals surface area contributed by atoms with E-state index in [1.165, 1.54) is 0 Å². The summed E-state index contributed by atoms with van der Waals surface area (Å²) in [6, 6.07) is 5.52. The second-order valence-corrected chi connectivity index (χ2v) is 10.5. The quantitative estimate of drug-likeness (QED) is 0.465. The molecule has 3 heterocycles. The molecule has 0 amide bonds. The van der Waals surface area contributed by atoms with Crippen LogP contribution in [-0.4, -0.2) is 52.2 Å². The maximum absolute atomic E-state index is 11.6. The van der Waals surface area contributed by atoms with Crippen molar-refractivity contribution in [2.24, 2.45) is 24.8 Å². The van der Waals surface area contributed by atoms with E-state index in [0.717, 1.165) is 31.4 Å². The van der Waals surface area contributed by atoms with Crippen LogP contribution < -0.4 is 9.47 Å². The first kappa shape index (κ1) is 25.1. The Balaban J connectivity index is 1.28. The fourth-order valence-corrected chi connectivity index (χ4v) is 5.55. The van der Waals surface area contributed by atoms with E-state index in [-0.39, 0.29) is 30.6 Å². The summed E-state index contributed by atoms with van der Waals surface area (Å²) in [5.41, 5.74) is 1.98. The molecular weight excluding hydrogens is 476 g/mol. The first-order valence-corrected chi connectivity index (χ1v) is 12.5. The second-order valence-electron chi connectivity index (χ2n) is 10.5. The number of nitrogens with zero attached hydrogens (tertiary/aromatic N) is 6. The van der Waals surface area contributed by atoms with Crippen molar-refractivity contribution in [2.45, 2.75) is 64.8 Å². The highest BCUT2D eigenvalue weighted by Crippen LogP contribution is 2.48. The van der Waals surface area contributed by atoms with Gasteiger partial charge in [0.1, 0.15) is 29.3 Å². The van der Waals surface area contributed by atoms with Crippen molar-refractivity contribution < 1.29 is 24.5 Å². The highest BCUT2D eigenvalue weighted by atomic mass is 16.5. The molecule has 2 fully saturated rings. The lowest BCUT2D eigenvalue weighted by atomic mass is 9.92. The Morgan fingerprint density at radius 3 is 2.73 bits per heavy atom. The largest absolute Gasteiger partial charge is 0.489 e. The van der Waals surface area contributed by atoms with Gasteiger partial charge in [-0.2, -0.15) is 4.98 Å². The molecule has 37 heavy (non-hydrogen) atoms. The van der Waals surface area contributed by atoms with Gasteiger partial charge in [0.25, 0.3) is 0 Å². The van der Waals surface area contributed by atoms with Crippen LogP contribution in [0.25, 0.3) is 11.4 Å². The maximum atomic E-state index is 11.6. The van der Waals surface area contributed by atoms with E-state index in [9.17, 15) is 15.0 Å². The van der Waals surface area contributed by atoms with Crippen molar-refractivity contribution in [2.75, 3.05) is 0 Å². The second kappa shape index (κ2) is 9.70. The number of aryl methyl sites for hydroxylation is 2. The number of aliphatic carboxylic acids is 1. The van der Waals surface area contributed by atoms with E-state index in [4.69, 9.17) is 14.5 Å². The first-order chi connectivity index (χ1) is 17.6. The minimum Gasteiger partial charge on any atom is -0.489 e. The molecule has 0 spiro atoms. The lowest BCUT2D eigenvalue weighted by Crippen LogP contribution is -2.21. The summed E-state index contributed by atoms with van der Waals surface area (Å²) in [5, 5.41) is 28.1. The predicted octanol–water partition coefficient (Wildman–Crippen LogP) is 3.05. The number of hydrogen-bond acceptors (Lipinski definition) is 9. The Labute approximate surface area is 214 Å². The van der Waals surface area contributed by atoms with Gasteiger partial charge in [0, 0.05) is 13.2 Å². The molecule has 5 rings (SSSR count). The molecule has 2 saturated carbocycles. The van der Waals surface area contributed by atoms with Gasteiger partial charge in [-0.15, -0.1) is 5.10 Å². The van der Waals surface area contributed by atoms with Crippen LogP contribution >= 0.6 is 0 Å². The van der Waals surface area contributed by atoms with Gasteiger partial charge in [-0.1, -0.05) is 5.21 Å². The van der Waals surface area contributed by atoms with E-state index in [1.807, 2.05) is 19.1 Å². The number of carboxylic acid groups (broad SMARTS) is 1. The van der Waals surface area contributed by atoms with Crippen LogP contribution in [0.1, 0.15) is 56.6 Å². The summed E-state index contributed by atoms with van der Waals surface area (Å²) >= 11 is 0. The molecular formula is C26H32N6O5. The summed E-state index contributed by atoms with van der Waals surface area (Å²) in [6.45, 7) is 5.30. The summed E-state index contributed by atoms with van der Waals surface area (Å²) in [6.07, 6.45) is 4.93. The van der Waals surface area contributed by atoms with E-state index in [0.29, 0.717) is 34.4 Å². The van der Waals surface area contributed by atoms with Gasteiger partial charge in [-0.3, -0.25) is 4.79 Å². The van der Waals surface area contributed by atoms with E-state index >= 15 is 0 Å². The lowest BCUT2D eigenvalue weighted by Gasteiger charge is -2.18. The molecule has 0 saturated heterocycles. The van der Waals surface area contributed by atoms with Crippen LogP contribution in [0, 0.1) is 24.7 Å². The van der Waals surface area contributed by atoms with Gasteiger partial charge < -0.3 is 19.7 Å². The molecule has 2 aliphatic rings. The van der Waals surface area contributed by atoms with Crippen molar-refractivity contribution in [1.82, 2.24) is 29.9 Å². The number of aromatic nitrogens is 6. The van der Waals surface area contributed by atoms with Gasteiger partial charge in [-0.05, 0) is 76.5 Å². The van der Waals surface area contributed by atoms with Crippen molar-refractivity contribution in [3.05, 3.63) is 41.5 Å². The number of rotatable bonds is 8. The summed E-state index contributed by atoms with van der Waals surface area (Å²) in [4.78, 5) is 24.7. The molecule has 196 valence electrons. The fraction of sp³-hybridized carbons (Fsp3) is 0.538. The molecule has 11 heteroatoms. The SMILES string of the molecule is Cc1nc(-c2nnn(C)c2COc2nccc(C(C)(C)O)n2)ccc1O[C@@H]1C[C@@H]2CC[C@H](C(=O)O)[C@@H]2C1. The number of carbonyl (C=O) groups is 1. The van der Waals surface area contributed by atoms with Gasteiger partial charge in [0.2, 0.25) is 0 Å². The molecule has 0 unspecified atom stereocenters. The standard InChI is InChI=1S/C26H32N6O5/c1-14-21(37-16-11-15-5-6-17(24(33)34)18(15)12-16)8-7-19(28-14)23-20(32(4)31-30-23)13-36-25-27-10-9-22(29-25)26(2,3)35/h7-10,15-18,35H,5-6,11-13H2,1-4H3,(H,33,34)/t15-,16+,17-,18+/m0/s1. The third-order valence-corrected chi connectivity index (χ3v) is 7.50. The minimum atomic E-state index is -1.11. The molecule has 11 nitrogen and oxygen atoms in total. The maximum Gasteiger partial charge on any atom is 0.317 e. The monoisotopic (exact) mass is 508 g/mol. The molecule has 0 aromatic carbocycles. The van der Waals surface area contributed by atoms with Crippen LogP contribution in [0.4, 0.5) is 0 Å². The zero-order valence-electron chi connectivity index (χ0n) is 21.5. The zero-order chi connectivity index (χ0) is 26.3. The highest BCUT2D eigenvalue weighted by molar-refractivity contribution is 5.71. The third-order valence-electron chi connectivity index (χ3n) is 7.50. The Morgan fingerprint density at radius 2 is 2.00 bits per heavy atom. The Bertz CT molecular complexity index is 1300. The van der Waals surface area contributed by atoms with Crippen LogP contribution in [0.15, 0.2) is 24.4 Å². The van der Waals surface area contributed by atoms with Crippen molar-refractivity contribution in [3.8, 4) is 23.1 Å². The topological polar surface area (TPSA) is 145 Å². The third kappa shape index (κ3) is 5.13. The van der Waals surface area contributed by atoms with Crippen LogP contribution in [0.5, 0.6) is 11.8 Å². The lowest BCUT2D eigenvalue weighted by molar-refractivity contribution is -0.143. The van der Waals surface area contributed by atoms with Gasteiger partial charge >= 0.3 is 12.0 Å². The summed E-state index contributed by atoms with van der Waals surface area (Å²) < 4.78 is 13.7. The van der Waals surface area contributed by atoms with Crippen molar-refractivity contribution >= 4 is 5.97 Å². The Hall–Kier alpha value is -3.60. The van der Waals surface area contributed by atoms with Gasteiger partial charge in [0.05, 0.1) is 29.1 Å². The Kier molecular flexibility index (Phi) is 6.57. The number of hydrogen-bond donors (Lipinski definition) is 2. The average Bonchev–Trinajstić information content (AvgIpc) is 3.52. The highest BCUT2D eigenvalue weighted by Gasteiger charge is 2.47. The van der Waals surface area contributed by atoms with Crippen LogP contribution in [0.3, 0.4) is 0 Å². The minimum absolute atomic E-state index is 0.00337. The molecule has 3 aromatic heterocycles.